The number of thiophene rings is 2. The number of carbonyl (C=O) groups is 1. The fraction of sp³-hybridized carbons (Fsp3) is 0.0625. The van der Waals surface area contributed by atoms with Gasteiger partial charge in [0.25, 0.3) is 0 Å². The summed E-state index contributed by atoms with van der Waals surface area (Å²) in [6.45, 7) is 0. The van der Waals surface area contributed by atoms with Crippen molar-refractivity contribution in [1.29, 1.82) is 5.26 Å². The smallest absolute Gasteiger partial charge is 0.346 e. The number of aliphatic carboxylic acids is 1. The molecule has 79 heavy (non-hydrogen) atoms. The standard InChI is InChI=1S/C64H48N6O6S3/c1-73-53-26-18-49(19-27-53)69(50-20-28-54(74-2)29-21-50)47-14-10-45(11-15-47)68(46-12-16-48(17-13-46)70(51-22-30-55(75-3)31-23-51)52-24-32-56(76-4)33-25-52)44-8-5-41(6-9-44)58-35-37-60(77-58)61-38-36-59(78-61)57-34-7-42(39-43(40-65)64(71)72)62-63(57)67-79-66-62/h5-39H,1-4H3,(H,71,72)/b43-39+. The third-order valence-electron chi connectivity index (χ3n) is 13.3. The van der Waals surface area contributed by atoms with Gasteiger partial charge in [-0.15, -0.1) is 22.7 Å². The number of nitriles is 1. The minimum absolute atomic E-state index is 0.365. The number of methoxy groups -OCH3 is 4. The molecule has 3 aromatic heterocycles. The average molecular weight is 1090 g/mol. The van der Waals surface area contributed by atoms with Crippen LogP contribution < -0.4 is 33.6 Å². The van der Waals surface area contributed by atoms with Crippen molar-refractivity contribution in [1.82, 2.24) is 8.75 Å². The second-order valence-corrected chi connectivity index (χ2v) is 20.5. The summed E-state index contributed by atoms with van der Waals surface area (Å²) < 4.78 is 31.1. The molecule has 0 aliphatic rings. The number of benzene rings is 8. The Kier molecular flexibility index (Phi) is 14.9. The lowest BCUT2D eigenvalue weighted by atomic mass is 10.0. The number of anilines is 9. The lowest BCUT2D eigenvalue weighted by Crippen LogP contribution is -2.13. The molecule has 11 aromatic rings. The SMILES string of the molecule is COc1ccc(N(c2ccc(OC)cc2)c2ccc(N(c3ccc(-c4ccc(-c5ccc(-c6ccc(/C=C(\C#N)C(=O)O)c7nsnc67)s5)s4)cc3)c3ccc(N(c4ccc(OC)cc4)c4ccc(OC)cc4)cc3)cc2)cc1. The number of carboxylic acid groups (broad SMARTS) is 1. The number of rotatable bonds is 18. The monoisotopic (exact) mass is 1090 g/mol. The van der Waals surface area contributed by atoms with Crippen LogP contribution in [-0.4, -0.2) is 48.3 Å². The fourth-order valence-corrected chi connectivity index (χ4v) is 12.0. The van der Waals surface area contributed by atoms with Gasteiger partial charge >= 0.3 is 5.97 Å². The highest BCUT2D eigenvalue weighted by molar-refractivity contribution is 7.25. The summed E-state index contributed by atoms with van der Waals surface area (Å²) >= 11 is 4.43. The third kappa shape index (κ3) is 10.7. The van der Waals surface area contributed by atoms with Crippen LogP contribution in [0.3, 0.4) is 0 Å². The number of fused-ring (bicyclic) bond motifs is 1. The van der Waals surface area contributed by atoms with Gasteiger partial charge in [0.15, 0.2) is 0 Å². The number of ether oxygens (including phenoxy) is 4. The van der Waals surface area contributed by atoms with E-state index in [1.807, 2.05) is 54.6 Å². The molecule has 15 heteroatoms. The Morgan fingerprint density at radius 2 is 0.747 bits per heavy atom. The van der Waals surface area contributed by atoms with Crippen LogP contribution in [0.25, 0.3) is 47.7 Å². The highest BCUT2D eigenvalue weighted by Gasteiger charge is 2.21. The molecular weight excluding hydrogens is 1040 g/mol. The van der Waals surface area contributed by atoms with Crippen LogP contribution >= 0.6 is 34.4 Å². The Bertz CT molecular complexity index is 3750. The van der Waals surface area contributed by atoms with Gasteiger partial charge in [0.2, 0.25) is 0 Å². The molecule has 0 aliphatic heterocycles. The Hall–Kier alpha value is -9.72. The second kappa shape index (κ2) is 22.9. The number of aromatic nitrogens is 2. The van der Waals surface area contributed by atoms with E-state index in [1.54, 1.807) is 63.2 Å². The van der Waals surface area contributed by atoms with E-state index in [2.05, 4.69) is 169 Å². The van der Waals surface area contributed by atoms with Gasteiger partial charge in [-0.05, 0) is 194 Å². The van der Waals surface area contributed by atoms with Crippen molar-refractivity contribution < 1.29 is 28.8 Å². The number of nitrogens with zero attached hydrogens (tertiary/aromatic N) is 6. The molecular formula is C64H48N6O6S3. The summed E-state index contributed by atoms with van der Waals surface area (Å²) in [5.41, 5.74) is 12.1. The van der Waals surface area contributed by atoms with E-state index in [1.165, 1.54) is 6.08 Å². The fourth-order valence-electron chi connectivity index (χ4n) is 9.28. The van der Waals surface area contributed by atoms with Crippen LogP contribution in [0.4, 0.5) is 51.2 Å². The van der Waals surface area contributed by atoms with Crippen LogP contribution in [0.15, 0.2) is 212 Å². The highest BCUT2D eigenvalue weighted by Crippen LogP contribution is 2.45. The maximum absolute atomic E-state index is 11.6. The molecule has 1 N–H and O–H groups in total. The predicted molar refractivity (Wildman–Crippen MR) is 321 cm³/mol. The summed E-state index contributed by atoms with van der Waals surface area (Å²) in [5.74, 6) is 1.81. The van der Waals surface area contributed by atoms with Crippen LogP contribution in [0.5, 0.6) is 23.0 Å². The van der Waals surface area contributed by atoms with E-state index in [4.69, 9.17) is 18.9 Å². The zero-order valence-corrected chi connectivity index (χ0v) is 45.6. The summed E-state index contributed by atoms with van der Waals surface area (Å²) in [7, 11) is 6.68. The van der Waals surface area contributed by atoms with E-state index in [0.29, 0.717) is 16.6 Å². The number of hydrogen-bond acceptors (Lipinski definition) is 14. The Balaban J connectivity index is 0.931. The van der Waals surface area contributed by atoms with Crippen molar-refractivity contribution in [2.24, 2.45) is 0 Å². The van der Waals surface area contributed by atoms with Crippen molar-refractivity contribution in [3.05, 3.63) is 217 Å². The molecule has 0 atom stereocenters. The van der Waals surface area contributed by atoms with Gasteiger partial charge in [0.05, 0.1) is 40.2 Å². The molecule has 0 amide bonds. The van der Waals surface area contributed by atoms with Gasteiger partial charge in [0.1, 0.15) is 45.7 Å². The van der Waals surface area contributed by atoms with Crippen molar-refractivity contribution in [3.8, 4) is 59.7 Å². The zero-order chi connectivity index (χ0) is 54.4. The normalized spacial score (nSPS) is 11.2. The molecule has 11 rings (SSSR count). The molecule has 388 valence electrons. The van der Waals surface area contributed by atoms with Gasteiger partial charge in [-0.3, -0.25) is 0 Å². The topological polar surface area (TPSA) is 134 Å². The van der Waals surface area contributed by atoms with Crippen LogP contribution in [0.1, 0.15) is 5.56 Å². The maximum atomic E-state index is 11.6. The summed E-state index contributed by atoms with van der Waals surface area (Å²) in [6, 6.07) is 72.1. The second-order valence-electron chi connectivity index (χ2n) is 17.8. The largest absolute Gasteiger partial charge is 0.497 e. The molecule has 0 saturated heterocycles. The summed E-state index contributed by atoms with van der Waals surface area (Å²) in [6.07, 6.45) is 1.34. The van der Waals surface area contributed by atoms with E-state index in [0.717, 1.165) is 117 Å². The molecule has 0 fully saturated rings. The first-order valence-corrected chi connectivity index (χ1v) is 27.2. The van der Waals surface area contributed by atoms with Crippen LogP contribution in [0, 0.1) is 11.3 Å². The van der Waals surface area contributed by atoms with Gasteiger partial charge in [0, 0.05) is 81.8 Å². The van der Waals surface area contributed by atoms with Crippen LogP contribution in [0.2, 0.25) is 0 Å². The Labute approximate surface area is 469 Å². The Morgan fingerprint density at radius 1 is 0.430 bits per heavy atom. The van der Waals surface area contributed by atoms with Crippen molar-refractivity contribution >= 4 is 109 Å². The van der Waals surface area contributed by atoms with Crippen molar-refractivity contribution in [2.45, 2.75) is 0 Å². The van der Waals surface area contributed by atoms with E-state index < -0.39 is 5.97 Å². The molecule has 0 saturated carbocycles. The van der Waals surface area contributed by atoms with Gasteiger partial charge < -0.3 is 38.8 Å². The van der Waals surface area contributed by atoms with Gasteiger partial charge in [-0.1, -0.05) is 24.3 Å². The lowest BCUT2D eigenvalue weighted by molar-refractivity contribution is -0.132. The molecule has 12 nitrogen and oxygen atoms in total. The number of carboxylic acids is 1. The lowest BCUT2D eigenvalue weighted by Gasteiger charge is -2.29. The number of hydrogen-bond donors (Lipinski definition) is 1. The quantitative estimate of drug-likeness (QED) is 0.0648. The van der Waals surface area contributed by atoms with Crippen molar-refractivity contribution in [3.63, 3.8) is 0 Å². The molecule has 8 aromatic carbocycles. The van der Waals surface area contributed by atoms with E-state index >= 15 is 0 Å². The van der Waals surface area contributed by atoms with Gasteiger partial charge in [-0.25, -0.2) is 4.79 Å². The molecule has 0 spiro atoms. The van der Waals surface area contributed by atoms with Crippen molar-refractivity contribution in [2.75, 3.05) is 43.1 Å². The van der Waals surface area contributed by atoms with E-state index in [9.17, 15) is 15.2 Å². The minimum Gasteiger partial charge on any atom is -0.497 e. The summed E-state index contributed by atoms with van der Waals surface area (Å²) in [4.78, 5) is 22.6. The summed E-state index contributed by atoms with van der Waals surface area (Å²) in [5, 5.41) is 18.8. The average Bonchev–Trinajstić information content (AvgIpc) is 4.44. The molecule has 0 aliphatic carbocycles. The van der Waals surface area contributed by atoms with Gasteiger partial charge in [-0.2, -0.15) is 14.0 Å². The Morgan fingerprint density at radius 3 is 1.10 bits per heavy atom. The van der Waals surface area contributed by atoms with Crippen LogP contribution in [-0.2, 0) is 4.79 Å². The maximum Gasteiger partial charge on any atom is 0.346 e. The highest BCUT2D eigenvalue weighted by atomic mass is 32.1. The molecule has 0 bridgehead atoms. The first-order chi connectivity index (χ1) is 38.7. The molecule has 3 heterocycles. The molecule has 0 unspecified atom stereocenters. The zero-order valence-electron chi connectivity index (χ0n) is 43.1. The predicted octanol–water partition coefficient (Wildman–Crippen LogP) is 17.3. The minimum atomic E-state index is -1.29. The van der Waals surface area contributed by atoms with E-state index in [-0.39, 0.29) is 5.57 Å². The molecule has 0 radical (unpaired) electrons. The third-order valence-corrected chi connectivity index (χ3v) is 16.3. The first-order valence-electron chi connectivity index (χ1n) is 24.8. The first kappa shape index (κ1) is 51.4.